The Balaban J connectivity index is -0.00000000667. The summed E-state index contributed by atoms with van der Waals surface area (Å²) >= 11 is 0. The van der Waals surface area contributed by atoms with Gasteiger partial charge in [0.2, 0.25) is 0 Å². The Hall–Kier alpha value is 0.883. The van der Waals surface area contributed by atoms with Gasteiger partial charge in [0.15, 0.2) is 0 Å². The van der Waals surface area contributed by atoms with Crippen LogP contribution in [0.2, 0.25) is 0 Å². The van der Waals surface area contributed by atoms with Crippen LogP contribution in [0.15, 0.2) is 0 Å². The molecule has 0 aliphatic rings. The summed E-state index contributed by atoms with van der Waals surface area (Å²) in [6, 6.07) is 0. The summed E-state index contributed by atoms with van der Waals surface area (Å²) < 4.78 is 0. The van der Waals surface area contributed by atoms with Gasteiger partial charge >= 0.3 is 26.2 Å². The van der Waals surface area contributed by atoms with Crippen molar-refractivity contribution in [3.8, 4) is 0 Å². The second-order valence-corrected chi connectivity index (χ2v) is 0.354. The molecule has 0 bridgehead atoms. The predicted octanol–water partition coefficient (Wildman–Crippen LogP) is 1.94. The van der Waals surface area contributed by atoms with Crippen LogP contribution in [0.25, 0.3) is 0 Å². The molecular weight excluding hydrogens is 151 g/mol. The van der Waals surface area contributed by atoms with E-state index in [0.717, 1.165) is 6.42 Å². The Morgan fingerprint density at radius 1 is 1.00 bits per heavy atom. The van der Waals surface area contributed by atoms with Crippen molar-refractivity contribution in [2.45, 2.75) is 6.42 Å². The largest absolute Gasteiger partial charge is 4.00 e. The van der Waals surface area contributed by atoms with Gasteiger partial charge in [-0.05, 0) is 0 Å². The Morgan fingerprint density at radius 2 is 1.00 bits per heavy atom. The quantitative estimate of drug-likeness (QED) is 0.479. The predicted molar refractivity (Wildman–Crippen MR) is 28.2 cm³/mol. The van der Waals surface area contributed by atoms with Crippen molar-refractivity contribution >= 4 is 0 Å². The van der Waals surface area contributed by atoms with E-state index in [4.69, 9.17) is 0 Å². The van der Waals surface area contributed by atoms with Crippen LogP contribution in [0.1, 0.15) is 6.42 Å². The Kier molecular flexibility index (Phi) is 189. The van der Waals surface area contributed by atoms with Gasteiger partial charge in [-0.1, -0.05) is 0 Å². The van der Waals surface area contributed by atoms with Gasteiger partial charge in [-0.25, -0.2) is 0 Å². The summed E-state index contributed by atoms with van der Waals surface area (Å²) in [5.74, 6) is 0. The summed E-state index contributed by atoms with van der Waals surface area (Å²) in [5, 5.41) is 0. The third-order valence-corrected chi connectivity index (χ3v) is 0. The van der Waals surface area contributed by atoms with E-state index in [9.17, 15) is 0 Å². The molecule has 0 amide bonds. The van der Waals surface area contributed by atoms with Crippen LogP contribution in [0, 0.1) is 28.7 Å². The van der Waals surface area contributed by atoms with Crippen LogP contribution in [-0.2, 0) is 26.2 Å². The zero-order valence-electron chi connectivity index (χ0n) is 4.62. The Morgan fingerprint density at radius 3 is 1.00 bits per heavy atom. The summed E-state index contributed by atoms with van der Waals surface area (Å²) in [6.07, 6.45) is 0.750. The molecule has 1 heteroatoms. The zero-order valence-corrected chi connectivity index (χ0v) is 7.08. The molecule has 0 spiro atoms. The smallest absolute Gasteiger partial charge is 0.372 e. The van der Waals surface area contributed by atoms with Crippen molar-refractivity contribution in [2.24, 2.45) is 0 Å². The second-order valence-electron chi connectivity index (χ2n) is 0.354. The molecule has 0 aromatic heterocycles. The van der Waals surface area contributed by atoms with Gasteiger partial charge in [0, 0.05) is 0 Å². The van der Waals surface area contributed by atoms with E-state index < -0.39 is 0 Å². The first-order valence-corrected chi connectivity index (χ1v) is 1.000. The average molecular weight is 163 g/mol. The van der Waals surface area contributed by atoms with E-state index in [0.29, 0.717) is 0 Å². The molecular formula is C5H12Zr. The molecule has 6 heavy (non-hydrogen) atoms. The summed E-state index contributed by atoms with van der Waals surface area (Å²) in [4.78, 5) is 0. The van der Waals surface area contributed by atoms with Crippen LogP contribution in [0.3, 0.4) is 0 Å². The first-order valence-electron chi connectivity index (χ1n) is 1.000. The van der Waals surface area contributed by atoms with E-state index in [1.165, 1.54) is 0 Å². The van der Waals surface area contributed by atoms with Gasteiger partial charge in [-0.15, -0.1) is 0 Å². The van der Waals surface area contributed by atoms with Gasteiger partial charge < -0.3 is 35.1 Å². The molecule has 0 fully saturated rings. The summed E-state index contributed by atoms with van der Waals surface area (Å²) in [7, 11) is 0. The van der Waals surface area contributed by atoms with Gasteiger partial charge in [0.1, 0.15) is 0 Å². The maximum Gasteiger partial charge on any atom is 4.00 e. The third-order valence-electron chi connectivity index (χ3n) is 0. The fourth-order valence-electron chi connectivity index (χ4n) is 0. The van der Waals surface area contributed by atoms with E-state index >= 15 is 0 Å². The molecule has 0 rings (SSSR count). The molecule has 0 heterocycles. The van der Waals surface area contributed by atoms with E-state index in [1.807, 2.05) is 0 Å². The van der Waals surface area contributed by atoms with Crippen molar-refractivity contribution in [1.82, 2.24) is 0 Å². The fourth-order valence-corrected chi connectivity index (χ4v) is 0. The van der Waals surface area contributed by atoms with Crippen LogP contribution in [-0.4, -0.2) is 0 Å². The van der Waals surface area contributed by atoms with Gasteiger partial charge in [0.25, 0.3) is 0 Å². The number of hydrogen-bond acceptors (Lipinski definition) is 0. The number of hydrogen-bond donors (Lipinski definition) is 0. The Bertz CT molecular complexity index is 3.90. The van der Waals surface area contributed by atoms with Crippen LogP contribution in [0.4, 0.5) is 0 Å². The molecule has 0 N–H and O–H groups in total. The minimum atomic E-state index is 0. The third kappa shape index (κ3) is 94.4. The van der Waals surface area contributed by atoms with E-state index in [1.54, 1.807) is 0 Å². The molecule has 0 aromatic rings. The molecule has 36 valence electrons. The molecule has 0 aromatic carbocycles. The van der Waals surface area contributed by atoms with E-state index in [-0.39, 0.29) is 41.1 Å². The summed E-state index contributed by atoms with van der Waals surface area (Å²) in [6.45, 7) is 6.75. The molecule has 0 radical (unpaired) electrons. The second kappa shape index (κ2) is 39.6. The Labute approximate surface area is 61.5 Å². The number of rotatable bonds is 0. The maximum atomic E-state index is 3.38. The van der Waals surface area contributed by atoms with Crippen LogP contribution < -0.4 is 0 Å². The van der Waals surface area contributed by atoms with Gasteiger partial charge in [0.05, 0.1) is 0 Å². The molecule has 0 aliphatic heterocycles. The molecule has 0 atom stereocenters. The van der Waals surface area contributed by atoms with Crippen molar-refractivity contribution in [3.05, 3.63) is 28.7 Å². The van der Waals surface area contributed by atoms with Crippen molar-refractivity contribution in [2.75, 3.05) is 0 Å². The average Bonchev–Trinajstić information content (AvgIpc) is 0.918. The van der Waals surface area contributed by atoms with Crippen LogP contribution in [0.5, 0.6) is 0 Å². The standard InChI is InChI=1S/C3H6.2CH3.Zr/c1-3-2;;;/h1-3H2;2*1H3;/q-2;2*-1;+4. The monoisotopic (exact) mass is 162 g/mol. The maximum absolute atomic E-state index is 3.38. The first-order chi connectivity index (χ1) is 1.41. The van der Waals surface area contributed by atoms with Crippen LogP contribution >= 0.6 is 0 Å². The van der Waals surface area contributed by atoms with E-state index in [2.05, 4.69) is 13.8 Å². The molecule has 0 nitrogen and oxygen atoms in total. The minimum absolute atomic E-state index is 0. The molecule has 0 saturated heterocycles. The fraction of sp³-hybridized carbons (Fsp3) is 0.200. The normalized spacial score (nSPS) is 3.00. The SMILES string of the molecule is [CH2-]C[CH2-].[CH3-].[CH3-].[Zr+4]. The zero-order chi connectivity index (χ0) is 2.71. The van der Waals surface area contributed by atoms with Gasteiger partial charge in [-0.3, -0.25) is 0 Å². The minimum Gasteiger partial charge on any atom is -0.372 e. The summed E-state index contributed by atoms with van der Waals surface area (Å²) in [5.41, 5.74) is 0. The topological polar surface area (TPSA) is 0 Å². The molecule has 0 aliphatic carbocycles. The van der Waals surface area contributed by atoms with Crippen molar-refractivity contribution in [1.29, 1.82) is 0 Å². The first kappa shape index (κ1) is 28.7. The van der Waals surface area contributed by atoms with Crippen molar-refractivity contribution in [3.63, 3.8) is 0 Å². The molecule has 0 unspecified atom stereocenters. The van der Waals surface area contributed by atoms with Crippen molar-refractivity contribution < 1.29 is 26.2 Å². The van der Waals surface area contributed by atoms with Gasteiger partial charge in [-0.2, -0.15) is 0 Å². The molecule has 0 saturated carbocycles.